The van der Waals surface area contributed by atoms with E-state index in [4.69, 9.17) is 9.15 Å². The standard InChI is InChI=1S/C26H31F3N4O3/c1-16-12-20-19(5-7-22-24(20)36-25(34)31-22)23(33(16)15-26(2,28)29)21-6-4-17(13-30-21)35-18-8-11-32(14-18)10-3-9-27/h4-7,13,16,18,23H,3,8-12,14-15H2,1-2H3,(H,31,34)/t16-,18+,23+/m1/s1. The number of nitrogens with one attached hydrogen (secondary N) is 1. The van der Waals surface area contributed by atoms with E-state index in [0.717, 1.165) is 44.1 Å². The third-order valence-corrected chi connectivity index (χ3v) is 7.06. The molecule has 36 heavy (non-hydrogen) atoms. The highest BCUT2D eigenvalue weighted by atomic mass is 19.3. The molecule has 2 aliphatic heterocycles. The van der Waals surface area contributed by atoms with Gasteiger partial charge in [0.2, 0.25) is 0 Å². The van der Waals surface area contributed by atoms with Gasteiger partial charge in [0.25, 0.3) is 5.92 Å². The normalized spacial score (nSPS) is 23.3. The number of ether oxygens (including phenoxy) is 1. The van der Waals surface area contributed by atoms with Gasteiger partial charge in [-0.3, -0.25) is 24.2 Å². The van der Waals surface area contributed by atoms with Crippen LogP contribution in [0.3, 0.4) is 0 Å². The van der Waals surface area contributed by atoms with Crippen LogP contribution in [0.25, 0.3) is 11.1 Å². The van der Waals surface area contributed by atoms with E-state index in [-0.39, 0.29) is 18.8 Å². The fourth-order valence-corrected chi connectivity index (χ4v) is 5.49. The summed E-state index contributed by atoms with van der Waals surface area (Å²) in [6, 6.07) is 6.48. The zero-order valence-corrected chi connectivity index (χ0v) is 20.5. The van der Waals surface area contributed by atoms with Crippen LogP contribution in [0.5, 0.6) is 5.75 Å². The van der Waals surface area contributed by atoms with Gasteiger partial charge in [-0.25, -0.2) is 13.6 Å². The third kappa shape index (κ3) is 5.15. The number of pyridine rings is 1. The Balaban J connectivity index is 1.43. The largest absolute Gasteiger partial charge is 0.487 e. The number of nitrogens with zero attached hydrogens (tertiary/aromatic N) is 3. The van der Waals surface area contributed by atoms with Gasteiger partial charge in [-0.15, -0.1) is 0 Å². The Bertz CT molecular complexity index is 1250. The van der Waals surface area contributed by atoms with E-state index < -0.39 is 24.3 Å². The number of likely N-dealkylation sites (tertiary alicyclic amines) is 1. The molecule has 0 radical (unpaired) electrons. The second-order valence-electron chi connectivity index (χ2n) is 10.0. The number of aromatic amines is 1. The van der Waals surface area contributed by atoms with E-state index in [1.54, 1.807) is 17.2 Å². The van der Waals surface area contributed by atoms with Crippen LogP contribution in [-0.4, -0.2) is 70.7 Å². The van der Waals surface area contributed by atoms with Crippen molar-refractivity contribution in [3.63, 3.8) is 0 Å². The zero-order valence-electron chi connectivity index (χ0n) is 20.5. The average molecular weight is 505 g/mol. The molecule has 4 heterocycles. The number of oxazole rings is 1. The number of halogens is 3. The van der Waals surface area contributed by atoms with Gasteiger partial charge in [0.15, 0.2) is 5.58 Å². The maximum absolute atomic E-state index is 14.2. The second kappa shape index (κ2) is 9.89. The van der Waals surface area contributed by atoms with E-state index >= 15 is 0 Å². The van der Waals surface area contributed by atoms with E-state index in [1.165, 1.54) is 0 Å². The molecule has 194 valence electrons. The Morgan fingerprint density at radius 3 is 2.83 bits per heavy atom. The number of fused-ring (bicyclic) bond motifs is 3. The molecule has 1 saturated heterocycles. The molecule has 1 fully saturated rings. The fraction of sp³-hybridized carbons (Fsp3) is 0.538. The molecule has 1 aromatic carbocycles. The van der Waals surface area contributed by atoms with Crippen LogP contribution < -0.4 is 10.5 Å². The molecule has 7 nitrogen and oxygen atoms in total. The highest BCUT2D eigenvalue weighted by molar-refractivity contribution is 5.78. The lowest BCUT2D eigenvalue weighted by Gasteiger charge is -2.42. The number of hydrogen-bond donors (Lipinski definition) is 1. The van der Waals surface area contributed by atoms with Crippen molar-refractivity contribution in [2.45, 2.75) is 57.2 Å². The summed E-state index contributed by atoms with van der Waals surface area (Å²) in [5.74, 6) is -2.83. The number of H-pyrrole nitrogens is 1. The number of hydrogen-bond acceptors (Lipinski definition) is 6. The molecule has 10 heteroatoms. The van der Waals surface area contributed by atoms with Crippen molar-refractivity contribution in [3.05, 3.63) is 57.8 Å². The van der Waals surface area contributed by atoms with Crippen molar-refractivity contribution < 1.29 is 22.3 Å². The van der Waals surface area contributed by atoms with Crippen LogP contribution in [0.4, 0.5) is 13.2 Å². The van der Waals surface area contributed by atoms with Crippen LogP contribution in [0.2, 0.25) is 0 Å². The van der Waals surface area contributed by atoms with Crippen molar-refractivity contribution in [2.75, 3.05) is 32.9 Å². The Labute approximate surface area is 207 Å². The summed E-state index contributed by atoms with van der Waals surface area (Å²) < 4.78 is 52.4. The first-order chi connectivity index (χ1) is 17.2. The van der Waals surface area contributed by atoms with E-state index in [9.17, 15) is 18.0 Å². The van der Waals surface area contributed by atoms with Gasteiger partial charge in [-0.2, -0.15) is 0 Å². The summed E-state index contributed by atoms with van der Waals surface area (Å²) in [5, 5.41) is 0. The minimum Gasteiger partial charge on any atom is -0.487 e. The fourth-order valence-electron chi connectivity index (χ4n) is 5.49. The summed E-state index contributed by atoms with van der Waals surface area (Å²) in [6.07, 6.45) is 3.50. The molecule has 3 aromatic rings. The Morgan fingerprint density at radius 2 is 2.11 bits per heavy atom. The first-order valence-corrected chi connectivity index (χ1v) is 12.4. The maximum Gasteiger partial charge on any atom is 0.417 e. The van der Waals surface area contributed by atoms with Gasteiger partial charge in [-0.05, 0) is 49.9 Å². The second-order valence-corrected chi connectivity index (χ2v) is 10.0. The van der Waals surface area contributed by atoms with Crippen LogP contribution in [0.15, 0.2) is 39.7 Å². The van der Waals surface area contributed by atoms with Gasteiger partial charge >= 0.3 is 5.76 Å². The topological polar surface area (TPSA) is 74.6 Å². The van der Waals surface area contributed by atoms with Crippen LogP contribution >= 0.6 is 0 Å². The van der Waals surface area contributed by atoms with Crippen LogP contribution in [0, 0.1) is 0 Å². The molecule has 1 N–H and O–H groups in total. The zero-order chi connectivity index (χ0) is 25.4. The monoisotopic (exact) mass is 504 g/mol. The first-order valence-electron chi connectivity index (χ1n) is 12.4. The molecule has 0 saturated carbocycles. The SMILES string of the molecule is C[C@@H]1Cc2c(ccc3[nH]c(=O)oc23)[C@@H](c2ccc(O[C@H]3CCN(CCCF)C3)cn2)N1CC(C)(F)F. The van der Waals surface area contributed by atoms with Gasteiger partial charge in [0.1, 0.15) is 11.9 Å². The number of benzene rings is 1. The Kier molecular flexibility index (Phi) is 6.82. The van der Waals surface area contributed by atoms with Gasteiger partial charge < -0.3 is 9.15 Å². The number of alkyl halides is 3. The molecule has 0 bridgehead atoms. The predicted molar refractivity (Wildman–Crippen MR) is 129 cm³/mol. The van der Waals surface area contributed by atoms with Crippen LogP contribution in [-0.2, 0) is 6.42 Å². The predicted octanol–water partition coefficient (Wildman–Crippen LogP) is 4.32. The number of rotatable bonds is 8. The third-order valence-electron chi connectivity index (χ3n) is 7.06. The summed E-state index contributed by atoms with van der Waals surface area (Å²) in [7, 11) is 0. The van der Waals surface area contributed by atoms with Crippen molar-refractivity contribution in [1.82, 2.24) is 19.8 Å². The summed E-state index contributed by atoms with van der Waals surface area (Å²) in [5.41, 5.74) is 3.31. The number of aromatic nitrogens is 2. The van der Waals surface area contributed by atoms with Gasteiger partial charge in [-0.1, -0.05) is 6.07 Å². The smallest absolute Gasteiger partial charge is 0.417 e. The maximum atomic E-state index is 14.2. The molecule has 0 amide bonds. The van der Waals surface area contributed by atoms with Gasteiger partial charge in [0, 0.05) is 38.2 Å². The first kappa shape index (κ1) is 24.8. The molecule has 3 atom stereocenters. The lowest BCUT2D eigenvalue weighted by molar-refractivity contribution is -0.0367. The van der Waals surface area contributed by atoms with E-state index in [2.05, 4.69) is 14.9 Å². The molecule has 2 aromatic heterocycles. The molecule has 2 aliphatic rings. The minimum atomic E-state index is -2.89. The summed E-state index contributed by atoms with van der Waals surface area (Å²) in [4.78, 5) is 23.1. The lowest BCUT2D eigenvalue weighted by atomic mass is 9.86. The molecule has 5 rings (SSSR count). The molecule has 0 aliphatic carbocycles. The summed E-state index contributed by atoms with van der Waals surface area (Å²) >= 11 is 0. The van der Waals surface area contributed by atoms with Crippen LogP contribution in [0.1, 0.15) is 49.6 Å². The molecular weight excluding hydrogens is 473 g/mol. The van der Waals surface area contributed by atoms with Gasteiger partial charge in [0.05, 0.1) is 36.7 Å². The molecule has 0 spiro atoms. The minimum absolute atomic E-state index is 0.00717. The highest BCUT2D eigenvalue weighted by Gasteiger charge is 2.40. The Hall–Kier alpha value is -2.85. The average Bonchev–Trinajstić information content (AvgIpc) is 3.43. The van der Waals surface area contributed by atoms with E-state index in [1.807, 2.05) is 25.1 Å². The quantitative estimate of drug-likeness (QED) is 0.493. The molecular formula is C26H31F3N4O3. The Morgan fingerprint density at radius 1 is 1.28 bits per heavy atom. The van der Waals surface area contributed by atoms with Crippen molar-refractivity contribution in [2.24, 2.45) is 0 Å². The highest BCUT2D eigenvalue weighted by Crippen LogP contribution is 2.41. The van der Waals surface area contributed by atoms with Crippen molar-refractivity contribution >= 4 is 11.1 Å². The molecule has 0 unspecified atom stereocenters. The summed E-state index contributed by atoms with van der Waals surface area (Å²) in [6.45, 7) is 4.41. The van der Waals surface area contributed by atoms with Crippen molar-refractivity contribution in [3.8, 4) is 5.75 Å². The van der Waals surface area contributed by atoms with Crippen molar-refractivity contribution in [1.29, 1.82) is 0 Å². The lowest BCUT2D eigenvalue weighted by Crippen LogP contribution is -2.47. The van der Waals surface area contributed by atoms with E-state index in [0.29, 0.717) is 35.4 Å².